The quantitative estimate of drug-likeness (QED) is 0.476. The first-order chi connectivity index (χ1) is 16.1. The molecule has 4 heterocycles. The van der Waals surface area contributed by atoms with Gasteiger partial charge in [-0.2, -0.15) is 5.10 Å². The maximum absolute atomic E-state index is 13.5. The Bertz CT molecular complexity index is 1270. The van der Waals surface area contributed by atoms with Crippen LogP contribution in [0.2, 0.25) is 0 Å². The Morgan fingerprint density at radius 2 is 2.00 bits per heavy atom. The summed E-state index contributed by atoms with van der Waals surface area (Å²) >= 11 is 0. The third-order valence-corrected chi connectivity index (χ3v) is 6.59. The van der Waals surface area contributed by atoms with Crippen LogP contribution in [0.3, 0.4) is 0 Å². The molecule has 1 aliphatic heterocycles. The molecule has 1 aliphatic rings. The Morgan fingerprint density at radius 1 is 1.18 bits per heavy atom. The summed E-state index contributed by atoms with van der Waals surface area (Å²) in [5.74, 6) is 2.21. The van der Waals surface area contributed by atoms with E-state index in [0.29, 0.717) is 11.5 Å². The molecule has 1 saturated heterocycles. The lowest BCUT2D eigenvalue weighted by molar-refractivity contribution is 0.0711. The summed E-state index contributed by atoms with van der Waals surface area (Å²) < 4.78 is 7.21. The van der Waals surface area contributed by atoms with E-state index in [1.165, 1.54) is 10.9 Å². The van der Waals surface area contributed by atoms with Crippen molar-refractivity contribution in [2.24, 2.45) is 0 Å². The summed E-state index contributed by atoms with van der Waals surface area (Å²) in [6, 6.07) is 11.8. The summed E-state index contributed by atoms with van der Waals surface area (Å²) in [5.41, 5.74) is 4.00. The average molecular weight is 444 g/mol. The van der Waals surface area contributed by atoms with Crippen LogP contribution in [0.1, 0.15) is 60.1 Å². The van der Waals surface area contributed by atoms with Crippen LogP contribution in [-0.4, -0.2) is 50.8 Å². The molecule has 1 N–H and O–H groups in total. The fraction of sp³-hybridized carbons (Fsp3) is 0.346. The highest BCUT2D eigenvalue weighted by Crippen LogP contribution is 2.35. The maximum Gasteiger partial charge on any atom is 0.257 e. The molecule has 0 radical (unpaired) electrons. The largest absolute Gasteiger partial charge is 0.497 e. The van der Waals surface area contributed by atoms with Crippen molar-refractivity contribution in [3.63, 3.8) is 0 Å². The van der Waals surface area contributed by atoms with Crippen LogP contribution in [0, 0.1) is 0 Å². The summed E-state index contributed by atoms with van der Waals surface area (Å²) in [7, 11) is 1.69. The van der Waals surface area contributed by atoms with Crippen molar-refractivity contribution in [1.29, 1.82) is 0 Å². The Labute approximate surface area is 193 Å². The van der Waals surface area contributed by atoms with E-state index in [9.17, 15) is 4.79 Å². The smallest absolute Gasteiger partial charge is 0.257 e. The van der Waals surface area contributed by atoms with Gasteiger partial charge in [0.25, 0.3) is 5.91 Å². The van der Waals surface area contributed by atoms with Crippen LogP contribution in [0.15, 0.2) is 55.0 Å². The van der Waals surface area contributed by atoms with E-state index in [4.69, 9.17) is 4.74 Å². The molecule has 0 spiro atoms. The van der Waals surface area contributed by atoms with Gasteiger partial charge in [0.15, 0.2) is 5.82 Å². The molecule has 1 amide bonds. The number of hydrogen-bond acceptors (Lipinski definition) is 4. The number of fused-ring (bicyclic) bond motifs is 1. The molecule has 3 aromatic heterocycles. The molecule has 0 saturated carbocycles. The van der Waals surface area contributed by atoms with Crippen molar-refractivity contribution in [2.45, 2.75) is 38.5 Å². The number of pyridine rings is 1. The number of benzene rings is 1. The number of nitrogens with one attached hydrogen (secondary N) is 1. The van der Waals surface area contributed by atoms with E-state index in [2.05, 4.69) is 47.2 Å². The third-order valence-electron chi connectivity index (χ3n) is 6.59. The summed E-state index contributed by atoms with van der Waals surface area (Å²) in [5, 5.41) is 5.73. The monoisotopic (exact) mass is 443 g/mol. The highest BCUT2D eigenvalue weighted by molar-refractivity contribution is 5.95. The predicted molar refractivity (Wildman–Crippen MR) is 128 cm³/mol. The fourth-order valence-electron chi connectivity index (χ4n) is 4.89. The van der Waals surface area contributed by atoms with E-state index in [1.54, 1.807) is 24.2 Å². The van der Waals surface area contributed by atoms with E-state index in [0.717, 1.165) is 48.7 Å². The van der Waals surface area contributed by atoms with Crippen molar-refractivity contribution >= 4 is 16.8 Å². The molecule has 4 aromatic rings. The number of H-pyrrole nitrogens is 1. The number of likely N-dealkylation sites (tertiary alicyclic amines) is 1. The number of ether oxygens (including phenoxy) is 1. The molecule has 1 aromatic carbocycles. The van der Waals surface area contributed by atoms with Gasteiger partial charge in [-0.05, 0) is 60.6 Å². The second-order valence-electron chi connectivity index (χ2n) is 8.92. The van der Waals surface area contributed by atoms with Gasteiger partial charge in [-0.15, -0.1) is 0 Å². The van der Waals surface area contributed by atoms with Crippen molar-refractivity contribution in [3.05, 3.63) is 71.8 Å². The van der Waals surface area contributed by atoms with Crippen LogP contribution in [0.25, 0.3) is 16.7 Å². The number of aromatic nitrogens is 4. The van der Waals surface area contributed by atoms with Crippen molar-refractivity contribution in [1.82, 2.24) is 24.6 Å². The van der Waals surface area contributed by atoms with E-state index < -0.39 is 0 Å². The average Bonchev–Trinajstić information content (AvgIpc) is 3.49. The predicted octanol–water partition coefficient (Wildman–Crippen LogP) is 4.90. The van der Waals surface area contributed by atoms with E-state index in [-0.39, 0.29) is 11.8 Å². The third kappa shape index (κ3) is 3.88. The van der Waals surface area contributed by atoms with Gasteiger partial charge in [0.05, 0.1) is 24.6 Å². The first-order valence-electron chi connectivity index (χ1n) is 11.5. The zero-order chi connectivity index (χ0) is 22.9. The van der Waals surface area contributed by atoms with Crippen LogP contribution in [0.4, 0.5) is 0 Å². The standard InChI is InChI=1S/C26H29N5O2/c1-17(2)25-22(16-29-31(25)24-6-4-5-11-27-24)26(32)30-12-9-18(10-13-30)21-15-28-23-8-7-19(33-3)14-20(21)23/h4-8,11,14-18,28H,9-10,12-13H2,1-3H3. The van der Waals surface area contributed by atoms with Crippen molar-refractivity contribution < 1.29 is 9.53 Å². The minimum atomic E-state index is 0.0555. The van der Waals surface area contributed by atoms with Crippen molar-refractivity contribution in [2.75, 3.05) is 20.2 Å². The Balaban J connectivity index is 1.35. The van der Waals surface area contributed by atoms with Gasteiger partial charge < -0.3 is 14.6 Å². The number of carbonyl (C=O) groups is 1. The molecule has 7 nitrogen and oxygen atoms in total. The molecule has 0 atom stereocenters. The van der Waals surface area contributed by atoms with Crippen LogP contribution in [0.5, 0.6) is 5.75 Å². The normalized spacial score (nSPS) is 14.8. The van der Waals surface area contributed by atoms with E-state index >= 15 is 0 Å². The summed E-state index contributed by atoms with van der Waals surface area (Å²) in [6.45, 7) is 5.63. The van der Waals surface area contributed by atoms with E-state index in [1.807, 2.05) is 29.2 Å². The lowest BCUT2D eigenvalue weighted by Crippen LogP contribution is -2.38. The van der Waals surface area contributed by atoms with Crippen LogP contribution >= 0.6 is 0 Å². The van der Waals surface area contributed by atoms with Gasteiger partial charge in [0.1, 0.15) is 5.75 Å². The minimum Gasteiger partial charge on any atom is -0.497 e. The molecule has 0 bridgehead atoms. The van der Waals surface area contributed by atoms with Gasteiger partial charge in [-0.25, -0.2) is 9.67 Å². The molecule has 1 fully saturated rings. The number of rotatable bonds is 5. The number of amides is 1. The molecule has 7 heteroatoms. The van der Waals surface area contributed by atoms with Gasteiger partial charge in [-0.1, -0.05) is 19.9 Å². The summed E-state index contributed by atoms with van der Waals surface area (Å²) in [6.07, 6.45) is 7.42. The first-order valence-corrected chi connectivity index (χ1v) is 11.5. The lowest BCUT2D eigenvalue weighted by atomic mass is 9.89. The SMILES string of the molecule is COc1ccc2[nH]cc(C3CCN(C(=O)c4cnn(-c5ccccn5)c4C(C)C)CC3)c2c1. The fourth-order valence-corrected chi connectivity index (χ4v) is 4.89. The minimum absolute atomic E-state index is 0.0555. The Hall–Kier alpha value is -3.61. The topological polar surface area (TPSA) is 76.0 Å². The molecule has 0 aliphatic carbocycles. The Morgan fingerprint density at radius 3 is 2.70 bits per heavy atom. The van der Waals surface area contributed by atoms with Gasteiger partial charge >= 0.3 is 0 Å². The highest BCUT2D eigenvalue weighted by atomic mass is 16.5. The second-order valence-corrected chi connectivity index (χ2v) is 8.92. The molecular formula is C26H29N5O2. The number of carbonyl (C=O) groups excluding carboxylic acids is 1. The number of aromatic amines is 1. The Kier molecular flexibility index (Phi) is 5.62. The van der Waals surface area contributed by atoms with Gasteiger partial charge in [0, 0.05) is 36.4 Å². The molecule has 170 valence electrons. The lowest BCUT2D eigenvalue weighted by Gasteiger charge is -2.32. The van der Waals surface area contributed by atoms with Gasteiger partial charge in [0.2, 0.25) is 0 Å². The zero-order valence-electron chi connectivity index (χ0n) is 19.3. The number of hydrogen-bond donors (Lipinski definition) is 1. The molecule has 0 unspecified atom stereocenters. The van der Waals surface area contributed by atoms with Crippen molar-refractivity contribution in [3.8, 4) is 11.6 Å². The highest BCUT2D eigenvalue weighted by Gasteiger charge is 2.29. The number of methoxy groups -OCH3 is 1. The van der Waals surface area contributed by atoms with Crippen LogP contribution < -0.4 is 4.74 Å². The second kappa shape index (κ2) is 8.73. The molecule has 33 heavy (non-hydrogen) atoms. The zero-order valence-corrected chi connectivity index (χ0v) is 19.3. The van der Waals surface area contributed by atoms with Crippen LogP contribution in [-0.2, 0) is 0 Å². The molecule has 5 rings (SSSR count). The first kappa shape index (κ1) is 21.2. The number of nitrogens with zero attached hydrogens (tertiary/aromatic N) is 4. The molecular weight excluding hydrogens is 414 g/mol. The number of piperidine rings is 1. The maximum atomic E-state index is 13.5. The summed E-state index contributed by atoms with van der Waals surface area (Å²) in [4.78, 5) is 23.3. The van der Waals surface area contributed by atoms with Gasteiger partial charge in [-0.3, -0.25) is 4.79 Å².